The third-order valence-corrected chi connectivity index (χ3v) is 2.24. The second-order valence-corrected chi connectivity index (χ2v) is 3.94. The quantitative estimate of drug-likeness (QED) is 0.578. The molecular weight excluding hydrogens is 218 g/mol. The maximum absolute atomic E-state index is 11.9. The summed E-state index contributed by atoms with van der Waals surface area (Å²) in [5.41, 5.74) is 6.20. The van der Waals surface area contributed by atoms with E-state index in [-0.39, 0.29) is 11.8 Å². The molecule has 1 aromatic carbocycles. The molecule has 0 bridgehead atoms. The van der Waals surface area contributed by atoms with E-state index in [0.717, 1.165) is 0 Å². The van der Waals surface area contributed by atoms with Crippen LogP contribution in [0.5, 0.6) is 5.75 Å². The van der Waals surface area contributed by atoms with Crippen LogP contribution < -0.4 is 10.5 Å². The Morgan fingerprint density at radius 3 is 2.71 bits per heavy atom. The van der Waals surface area contributed by atoms with E-state index in [4.69, 9.17) is 15.2 Å². The van der Waals surface area contributed by atoms with Gasteiger partial charge in [0.15, 0.2) is 5.78 Å². The predicted molar refractivity (Wildman–Crippen MR) is 66.4 cm³/mol. The van der Waals surface area contributed by atoms with Gasteiger partial charge in [-0.3, -0.25) is 4.79 Å². The van der Waals surface area contributed by atoms with E-state index in [2.05, 4.69) is 0 Å². The van der Waals surface area contributed by atoms with Crippen molar-refractivity contribution >= 4 is 5.78 Å². The minimum absolute atomic E-state index is 0.00742. The molecule has 1 aromatic rings. The summed E-state index contributed by atoms with van der Waals surface area (Å²) < 4.78 is 10.4. The first-order chi connectivity index (χ1) is 8.15. The van der Waals surface area contributed by atoms with Crippen LogP contribution in [0.1, 0.15) is 23.7 Å². The molecule has 1 unspecified atom stereocenters. The molecule has 0 spiro atoms. The van der Waals surface area contributed by atoms with Gasteiger partial charge in [0.05, 0.1) is 12.2 Å². The number of carbonyl (C=O) groups excluding carboxylic acids is 1. The van der Waals surface area contributed by atoms with Gasteiger partial charge < -0.3 is 15.2 Å². The first-order valence-corrected chi connectivity index (χ1v) is 5.64. The SMILES string of the molecule is COCCOc1ccccc1C(=O)CC(C)N. The van der Waals surface area contributed by atoms with Crippen molar-refractivity contribution in [1.29, 1.82) is 0 Å². The van der Waals surface area contributed by atoms with Crippen molar-refractivity contribution in [2.75, 3.05) is 20.3 Å². The van der Waals surface area contributed by atoms with Gasteiger partial charge in [-0.1, -0.05) is 12.1 Å². The van der Waals surface area contributed by atoms with Gasteiger partial charge in [-0.15, -0.1) is 0 Å². The molecule has 0 radical (unpaired) electrons. The van der Waals surface area contributed by atoms with Gasteiger partial charge in [-0.25, -0.2) is 0 Å². The fourth-order valence-electron chi connectivity index (χ4n) is 1.46. The predicted octanol–water partition coefficient (Wildman–Crippen LogP) is 1.63. The highest BCUT2D eigenvalue weighted by molar-refractivity contribution is 5.98. The lowest BCUT2D eigenvalue weighted by Crippen LogP contribution is -2.20. The van der Waals surface area contributed by atoms with Crippen molar-refractivity contribution in [2.45, 2.75) is 19.4 Å². The standard InChI is InChI=1S/C13H19NO3/c1-10(14)9-12(15)11-5-3-4-6-13(11)17-8-7-16-2/h3-6,10H,7-9,14H2,1-2H3. The van der Waals surface area contributed by atoms with E-state index >= 15 is 0 Å². The van der Waals surface area contributed by atoms with Crippen molar-refractivity contribution in [3.8, 4) is 5.75 Å². The van der Waals surface area contributed by atoms with Crippen LogP contribution in [0.25, 0.3) is 0 Å². The highest BCUT2D eigenvalue weighted by atomic mass is 16.5. The van der Waals surface area contributed by atoms with Crippen molar-refractivity contribution in [3.05, 3.63) is 29.8 Å². The highest BCUT2D eigenvalue weighted by Crippen LogP contribution is 2.19. The maximum Gasteiger partial charge on any atom is 0.168 e. The van der Waals surface area contributed by atoms with Crippen LogP contribution in [-0.2, 0) is 4.74 Å². The summed E-state index contributed by atoms with van der Waals surface area (Å²) in [6, 6.07) is 7.05. The number of methoxy groups -OCH3 is 1. The largest absolute Gasteiger partial charge is 0.490 e. The van der Waals surface area contributed by atoms with E-state index in [1.807, 2.05) is 19.1 Å². The zero-order valence-corrected chi connectivity index (χ0v) is 10.3. The number of para-hydroxylation sites is 1. The monoisotopic (exact) mass is 237 g/mol. The summed E-state index contributed by atoms with van der Waals surface area (Å²) in [6.45, 7) is 2.74. The number of benzene rings is 1. The molecule has 17 heavy (non-hydrogen) atoms. The molecular formula is C13H19NO3. The second kappa shape index (κ2) is 7.04. The van der Waals surface area contributed by atoms with Crippen LogP contribution in [0.2, 0.25) is 0 Å². The Kier molecular flexibility index (Phi) is 5.66. The molecule has 4 heteroatoms. The molecule has 0 saturated heterocycles. The summed E-state index contributed by atoms with van der Waals surface area (Å²) in [4.78, 5) is 11.9. The zero-order chi connectivity index (χ0) is 12.7. The second-order valence-electron chi connectivity index (χ2n) is 3.94. The summed E-state index contributed by atoms with van der Waals surface area (Å²) >= 11 is 0. The van der Waals surface area contributed by atoms with Crippen LogP contribution in [0.15, 0.2) is 24.3 Å². The van der Waals surface area contributed by atoms with Crippen LogP contribution in [0, 0.1) is 0 Å². The molecule has 94 valence electrons. The molecule has 1 rings (SSSR count). The lowest BCUT2D eigenvalue weighted by Gasteiger charge is -2.11. The molecule has 0 aliphatic rings. The summed E-state index contributed by atoms with van der Waals surface area (Å²) in [5.74, 6) is 0.600. The fraction of sp³-hybridized carbons (Fsp3) is 0.462. The van der Waals surface area contributed by atoms with Gasteiger partial charge in [0.25, 0.3) is 0 Å². The molecule has 0 aromatic heterocycles. The minimum Gasteiger partial charge on any atom is -0.490 e. The Morgan fingerprint density at radius 2 is 2.06 bits per heavy atom. The smallest absolute Gasteiger partial charge is 0.168 e. The van der Waals surface area contributed by atoms with Crippen molar-refractivity contribution < 1.29 is 14.3 Å². The third-order valence-electron chi connectivity index (χ3n) is 2.24. The Bertz CT molecular complexity index is 363. The van der Waals surface area contributed by atoms with Gasteiger partial charge in [0.1, 0.15) is 12.4 Å². The van der Waals surface area contributed by atoms with Crippen LogP contribution in [0.4, 0.5) is 0 Å². The van der Waals surface area contributed by atoms with E-state index in [1.54, 1.807) is 19.2 Å². The first kappa shape index (κ1) is 13.7. The number of nitrogens with two attached hydrogens (primary N) is 1. The number of rotatable bonds is 7. The molecule has 0 aliphatic carbocycles. The Balaban J connectivity index is 2.73. The summed E-state index contributed by atoms with van der Waals surface area (Å²) in [5, 5.41) is 0. The molecule has 4 nitrogen and oxygen atoms in total. The molecule has 0 amide bonds. The van der Waals surface area contributed by atoms with Gasteiger partial charge in [-0.2, -0.15) is 0 Å². The van der Waals surface area contributed by atoms with Crippen LogP contribution in [0.3, 0.4) is 0 Å². The molecule has 2 N–H and O–H groups in total. The van der Waals surface area contributed by atoms with Crippen LogP contribution >= 0.6 is 0 Å². The number of carbonyl (C=O) groups is 1. The van der Waals surface area contributed by atoms with Crippen molar-refractivity contribution in [1.82, 2.24) is 0 Å². The summed E-state index contributed by atoms with van der Waals surface area (Å²) in [6.07, 6.45) is 0.324. The van der Waals surface area contributed by atoms with Crippen LogP contribution in [-0.4, -0.2) is 32.1 Å². The summed E-state index contributed by atoms with van der Waals surface area (Å²) in [7, 11) is 1.61. The molecule has 0 heterocycles. The molecule has 0 saturated carbocycles. The van der Waals surface area contributed by atoms with E-state index < -0.39 is 0 Å². The van der Waals surface area contributed by atoms with Gasteiger partial charge in [0.2, 0.25) is 0 Å². The van der Waals surface area contributed by atoms with Gasteiger partial charge in [-0.05, 0) is 19.1 Å². The number of hydrogen-bond acceptors (Lipinski definition) is 4. The zero-order valence-electron chi connectivity index (χ0n) is 10.3. The minimum atomic E-state index is -0.144. The lowest BCUT2D eigenvalue weighted by atomic mass is 10.0. The number of ketones is 1. The number of ether oxygens (including phenoxy) is 2. The van der Waals surface area contributed by atoms with E-state index in [9.17, 15) is 4.79 Å². The first-order valence-electron chi connectivity index (χ1n) is 5.64. The number of hydrogen-bond donors (Lipinski definition) is 1. The average Bonchev–Trinajstić information content (AvgIpc) is 2.29. The fourth-order valence-corrected chi connectivity index (χ4v) is 1.46. The van der Waals surface area contributed by atoms with E-state index in [0.29, 0.717) is 30.9 Å². The molecule has 1 atom stereocenters. The normalized spacial score (nSPS) is 12.2. The van der Waals surface area contributed by atoms with E-state index in [1.165, 1.54) is 0 Å². The maximum atomic E-state index is 11.9. The Hall–Kier alpha value is -1.39. The Morgan fingerprint density at radius 1 is 1.35 bits per heavy atom. The molecule has 0 aliphatic heterocycles. The third kappa shape index (κ3) is 4.54. The molecule has 0 fully saturated rings. The highest BCUT2D eigenvalue weighted by Gasteiger charge is 2.13. The number of Topliss-reactive ketones (excluding diaryl/α,β-unsaturated/α-hetero) is 1. The lowest BCUT2D eigenvalue weighted by molar-refractivity contribution is 0.0968. The van der Waals surface area contributed by atoms with Crippen molar-refractivity contribution in [3.63, 3.8) is 0 Å². The van der Waals surface area contributed by atoms with Gasteiger partial charge in [0, 0.05) is 19.6 Å². The van der Waals surface area contributed by atoms with Gasteiger partial charge >= 0.3 is 0 Å². The average molecular weight is 237 g/mol. The van der Waals surface area contributed by atoms with Crippen molar-refractivity contribution in [2.24, 2.45) is 5.73 Å². The Labute approximate surface area is 102 Å². The topological polar surface area (TPSA) is 61.5 Å².